The topological polar surface area (TPSA) is 154 Å². The quantitative estimate of drug-likeness (QED) is 0.215. The summed E-state index contributed by atoms with van der Waals surface area (Å²) < 4.78 is 6.91. The molecule has 2 amide bonds. The molecule has 2 aliphatic rings. The van der Waals surface area contributed by atoms with Gasteiger partial charge in [0.25, 0.3) is 5.56 Å². The molecule has 0 unspecified atom stereocenters. The van der Waals surface area contributed by atoms with Crippen LogP contribution in [-0.2, 0) is 9.53 Å². The molecule has 266 valence electrons. The van der Waals surface area contributed by atoms with Gasteiger partial charge in [-0.3, -0.25) is 23.9 Å². The first-order valence-corrected chi connectivity index (χ1v) is 16.9. The van der Waals surface area contributed by atoms with E-state index in [2.05, 4.69) is 32.2 Å². The number of amides is 2. The molecule has 2 N–H and O–H groups in total. The number of anilines is 2. The van der Waals surface area contributed by atoms with Gasteiger partial charge in [-0.15, -0.1) is 0 Å². The summed E-state index contributed by atoms with van der Waals surface area (Å²) in [5, 5.41) is 5.84. The molecule has 1 saturated carbocycles. The van der Waals surface area contributed by atoms with Crippen molar-refractivity contribution in [3.8, 4) is 0 Å². The molecule has 1 saturated heterocycles. The number of aromatic nitrogens is 2. The van der Waals surface area contributed by atoms with Crippen LogP contribution in [0.2, 0.25) is 0 Å². The zero-order chi connectivity index (χ0) is 35.9. The number of guanidine groups is 1. The molecule has 1 aliphatic heterocycles. The molecular formula is C35H51N9O5. The van der Waals surface area contributed by atoms with Gasteiger partial charge in [0.1, 0.15) is 17.2 Å². The second kappa shape index (κ2) is 16.2. The van der Waals surface area contributed by atoms with Crippen molar-refractivity contribution in [3.63, 3.8) is 0 Å². The summed E-state index contributed by atoms with van der Waals surface area (Å²) in [4.78, 5) is 70.0. The first kappa shape index (κ1) is 37.2. The summed E-state index contributed by atoms with van der Waals surface area (Å²) in [5.41, 5.74) is 1.64. The number of ether oxygens (including phenoxy) is 1. The van der Waals surface area contributed by atoms with E-state index in [4.69, 9.17) is 9.73 Å². The molecule has 2 aromatic rings. The minimum Gasteiger partial charge on any atom is -0.444 e. The van der Waals surface area contributed by atoms with Gasteiger partial charge in [0, 0.05) is 45.3 Å². The molecule has 2 aromatic heterocycles. The van der Waals surface area contributed by atoms with E-state index in [1.165, 1.54) is 6.92 Å². The smallest absolute Gasteiger partial charge is 0.407 e. The molecule has 0 spiro atoms. The van der Waals surface area contributed by atoms with Crippen LogP contribution < -0.4 is 21.1 Å². The molecule has 0 bridgehead atoms. The monoisotopic (exact) mass is 677 g/mol. The highest BCUT2D eigenvalue weighted by molar-refractivity contribution is 5.98. The van der Waals surface area contributed by atoms with Crippen molar-refractivity contribution in [1.82, 2.24) is 24.7 Å². The van der Waals surface area contributed by atoms with Crippen LogP contribution in [-0.4, -0.2) is 108 Å². The van der Waals surface area contributed by atoms with Crippen molar-refractivity contribution in [2.24, 2.45) is 9.98 Å². The lowest BCUT2D eigenvalue weighted by molar-refractivity contribution is -0.132. The third-order valence-electron chi connectivity index (χ3n) is 8.89. The zero-order valence-corrected chi connectivity index (χ0v) is 30.0. The van der Waals surface area contributed by atoms with E-state index in [0.29, 0.717) is 56.5 Å². The van der Waals surface area contributed by atoms with E-state index in [1.54, 1.807) is 17.7 Å². The van der Waals surface area contributed by atoms with Crippen molar-refractivity contribution in [1.29, 1.82) is 0 Å². The summed E-state index contributed by atoms with van der Waals surface area (Å²) >= 11 is 0. The van der Waals surface area contributed by atoms with Gasteiger partial charge in [-0.05, 0) is 91.4 Å². The van der Waals surface area contributed by atoms with Gasteiger partial charge in [0.2, 0.25) is 11.9 Å². The van der Waals surface area contributed by atoms with Crippen LogP contribution in [0.5, 0.6) is 0 Å². The van der Waals surface area contributed by atoms with Crippen LogP contribution in [0.25, 0.3) is 0 Å². The number of alkyl carbamates (subject to hydrolysis) is 1. The van der Waals surface area contributed by atoms with Crippen molar-refractivity contribution in [3.05, 3.63) is 45.4 Å². The van der Waals surface area contributed by atoms with Gasteiger partial charge < -0.3 is 25.2 Å². The first-order chi connectivity index (χ1) is 23.2. The Morgan fingerprint density at radius 1 is 1.08 bits per heavy atom. The number of rotatable bonds is 10. The fraction of sp³-hybridized carbons (Fsp3) is 0.571. The van der Waals surface area contributed by atoms with Crippen LogP contribution in [0.1, 0.15) is 80.9 Å². The number of likely N-dealkylation sites (N-methyl/N-ethyl adjacent to an activating group) is 1. The number of pyridine rings is 2. The van der Waals surface area contributed by atoms with Crippen molar-refractivity contribution < 1.29 is 19.1 Å². The Bertz CT molecular complexity index is 1610. The molecule has 0 aromatic carbocycles. The number of aliphatic imine (C=N–C) groups is 2. The Morgan fingerprint density at radius 3 is 2.33 bits per heavy atom. The van der Waals surface area contributed by atoms with Gasteiger partial charge in [-0.25, -0.2) is 14.8 Å². The summed E-state index contributed by atoms with van der Waals surface area (Å²) in [6.07, 6.45) is 5.03. The van der Waals surface area contributed by atoms with E-state index in [9.17, 15) is 19.2 Å². The van der Waals surface area contributed by atoms with E-state index >= 15 is 0 Å². The first-order valence-electron chi connectivity index (χ1n) is 16.9. The zero-order valence-electron chi connectivity index (χ0n) is 30.0. The summed E-state index contributed by atoms with van der Waals surface area (Å²) in [6, 6.07) is 3.75. The van der Waals surface area contributed by atoms with Gasteiger partial charge in [-0.1, -0.05) is 12.8 Å². The fourth-order valence-electron chi connectivity index (χ4n) is 6.22. The van der Waals surface area contributed by atoms with Crippen molar-refractivity contribution in [2.45, 2.75) is 78.9 Å². The largest absolute Gasteiger partial charge is 0.444 e. The second-order valence-corrected chi connectivity index (χ2v) is 13.8. The van der Waals surface area contributed by atoms with E-state index in [-0.39, 0.29) is 41.4 Å². The third-order valence-corrected chi connectivity index (χ3v) is 8.89. The highest BCUT2D eigenvalue weighted by Gasteiger charge is 2.27. The number of hydrogen-bond acceptors (Lipinski definition) is 9. The Hall–Kier alpha value is -4.59. The standard InChI is InChI=1S/C35H51N9O5/c1-23-24(2)31(44(26-11-9-10-12-26)32(47)30(23)25(3)45)40-33(36-7)39-28-14-13-27(21-38-28)42-17-19-43(20-18-42)29(46)22-41(8)16-15-37-34(48)49-35(4,5)6/h13-14,21,26H,7,9-12,15-20,22H2,1-6,8H3,(H,37,48)(H,38,39,40). The minimum atomic E-state index is -0.557. The second-order valence-electron chi connectivity index (χ2n) is 13.8. The number of nitrogens with zero attached hydrogens (tertiary/aromatic N) is 7. The molecule has 14 heteroatoms. The number of hydrogen-bond donors (Lipinski definition) is 2. The van der Waals surface area contributed by atoms with Gasteiger partial charge in [-0.2, -0.15) is 4.99 Å². The molecule has 4 rings (SSSR count). The molecule has 3 heterocycles. The van der Waals surface area contributed by atoms with E-state index in [1.807, 2.05) is 56.7 Å². The highest BCUT2D eigenvalue weighted by Crippen LogP contribution is 2.34. The average Bonchev–Trinajstić information content (AvgIpc) is 3.57. The maximum absolute atomic E-state index is 13.6. The Labute approximate surface area is 288 Å². The van der Waals surface area contributed by atoms with E-state index in [0.717, 1.165) is 36.9 Å². The highest BCUT2D eigenvalue weighted by atomic mass is 16.6. The molecule has 14 nitrogen and oxygen atoms in total. The maximum atomic E-state index is 13.6. The van der Waals surface area contributed by atoms with Crippen LogP contribution in [0.3, 0.4) is 0 Å². The lowest BCUT2D eigenvalue weighted by Crippen LogP contribution is -2.51. The van der Waals surface area contributed by atoms with Crippen LogP contribution >= 0.6 is 0 Å². The minimum absolute atomic E-state index is 0.0306. The molecule has 49 heavy (non-hydrogen) atoms. The van der Waals surface area contributed by atoms with Gasteiger partial charge in [0.05, 0.1) is 24.0 Å². The van der Waals surface area contributed by atoms with Crippen molar-refractivity contribution >= 4 is 47.8 Å². The number of piperazine rings is 1. The molecule has 0 radical (unpaired) electrons. The molecule has 2 fully saturated rings. The molecule has 1 aliphatic carbocycles. The van der Waals surface area contributed by atoms with Crippen LogP contribution in [0.4, 0.5) is 22.1 Å². The Morgan fingerprint density at radius 2 is 1.76 bits per heavy atom. The lowest BCUT2D eigenvalue weighted by atomic mass is 10.0. The predicted molar refractivity (Wildman–Crippen MR) is 193 cm³/mol. The van der Waals surface area contributed by atoms with Crippen molar-refractivity contribution in [2.75, 3.05) is 63.1 Å². The average molecular weight is 678 g/mol. The summed E-state index contributed by atoms with van der Waals surface area (Å²) in [5.74, 6) is 0.974. The Kier molecular flexibility index (Phi) is 12.3. The summed E-state index contributed by atoms with van der Waals surface area (Å²) in [7, 11) is 1.85. The fourth-order valence-corrected chi connectivity index (χ4v) is 6.22. The van der Waals surface area contributed by atoms with E-state index < -0.39 is 11.7 Å². The molecular weight excluding hydrogens is 626 g/mol. The Balaban J connectivity index is 1.35. The molecule has 0 atom stereocenters. The third kappa shape index (κ3) is 9.74. The van der Waals surface area contributed by atoms with Crippen LogP contribution in [0.15, 0.2) is 33.1 Å². The lowest BCUT2D eigenvalue weighted by Gasteiger charge is -2.36. The van der Waals surface area contributed by atoms with Gasteiger partial charge >= 0.3 is 6.09 Å². The number of Topliss-reactive ketones (excluding diaryl/α,β-unsaturated/α-hetero) is 1. The van der Waals surface area contributed by atoms with Crippen LogP contribution in [0, 0.1) is 13.8 Å². The normalized spacial score (nSPS) is 15.8. The predicted octanol–water partition coefficient (Wildman–Crippen LogP) is 4.08. The maximum Gasteiger partial charge on any atom is 0.407 e. The SMILES string of the molecule is C=N/C(=N\c1c(C)c(C)c(C(C)=O)c(=O)n1C1CCCC1)Nc1ccc(N2CCN(C(=O)CN(C)CCNC(=O)OC(C)(C)C)CC2)cn1. The number of carbonyl (C=O) groups excluding carboxylic acids is 3. The number of ketones is 1. The summed E-state index contributed by atoms with van der Waals surface area (Å²) in [6.45, 7) is 17.9. The number of carbonyl (C=O) groups is 3. The van der Waals surface area contributed by atoms with Gasteiger partial charge in [0.15, 0.2) is 5.78 Å². The number of nitrogens with one attached hydrogen (secondary N) is 2.